The zero-order valence-electron chi connectivity index (χ0n) is 11.2. The molecule has 2 heteroatoms. The van der Waals surface area contributed by atoms with Crippen molar-refractivity contribution in [1.82, 2.24) is 0 Å². The highest BCUT2D eigenvalue weighted by Crippen LogP contribution is 2.27. The molecular formula is C15H22O2. The molecular weight excluding hydrogens is 212 g/mol. The summed E-state index contributed by atoms with van der Waals surface area (Å²) in [6.45, 7) is 7.84. The molecule has 0 aromatic carbocycles. The maximum atomic E-state index is 12.1. The van der Waals surface area contributed by atoms with Crippen molar-refractivity contribution in [2.24, 2.45) is 11.8 Å². The molecule has 1 aliphatic carbocycles. The number of rotatable bonds is 2. The Morgan fingerprint density at radius 3 is 2.65 bits per heavy atom. The van der Waals surface area contributed by atoms with E-state index in [1.807, 2.05) is 27.7 Å². The van der Waals surface area contributed by atoms with E-state index in [0.29, 0.717) is 6.42 Å². The summed E-state index contributed by atoms with van der Waals surface area (Å²) in [7, 11) is 0. The fourth-order valence-electron chi connectivity index (χ4n) is 2.35. The minimum atomic E-state index is -0.00231. The van der Waals surface area contributed by atoms with Gasteiger partial charge in [0, 0.05) is 12.3 Å². The monoisotopic (exact) mass is 234 g/mol. The van der Waals surface area contributed by atoms with Crippen LogP contribution in [0.4, 0.5) is 0 Å². The lowest BCUT2D eigenvalue weighted by molar-refractivity contribution is -0.121. The number of hydrogen-bond acceptors (Lipinski definition) is 2. The molecule has 0 aromatic rings. The third-order valence-corrected chi connectivity index (χ3v) is 3.26. The summed E-state index contributed by atoms with van der Waals surface area (Å²) in [6.07, 6.45) is 5.65. The van der Waals surface area contributed by atoms with Crippen LogP contribution >= 0.6 is 0 Å². The van der Waals surface area contributed by atoms with E-state index >= 15 is 0 Å². The summed E-state index contributed by atoms with van der Waals surface area (Å²) in [5, 5.41) is 0. The fourth-order valence-corrected chi connectivity index (χ4v) is 2.35. The van der Waals surface area contributed by atoms with Gasteiger partial charge in [-0.2, -0.15) is 0 Å². The first kappa shape index (κ1) is 13.9. The zero-order valence-corrected chi connectivity index (χ0v) is 11.2. The quantitative estimate of drug-likeness (QED) is 0.685. The molecule has 0 unspecified atom stereocenters. The van der Waals surface area contributed by atoms with Crippen LogP contribution in [0.2, 0.25) is 0 Å². The predicted octanol–water partition coefficient (Wildman–Crippen LogP) is 3.47. The van der Waals surface area contributed by atoms with Crippen LogP contribution in [0, 0.1) is 11.8 Å². The van der Waals surface area contributed by atoms with Gasteiger partial charge in [0.1, 0.15) is 0 Å². The van der Waals surface area contributed by atoms with Gasteiger partial charge in [0.15, 0.2) is 11.6 Å². The molecule has 0 heterocycles. The zero-order chi connectivity index (χ0) is 13.0. The van der Waals surface area contributed by atoms with E-state index in [4.69, 9.17) is 0 Å². The maximum absolute atomic E-state index is 12.1. The van der Waals surface area contributed by atoms with E-state index in [2.05, 4.69) is 0 Å². The first-order chi connectivity index (χ1) is 7.90. The Kier molecular flexibility index (Phi) is 4.86. The average molecular weight is 234 g/mol. The van der Waals surface area contributed by atoms with Crippen molar-refractivity contribution in [2.45, 2.75) is 47.0 Å². The molecule has 0 spiro atoms. The summed E-state index contributed by atoms with van der Waals surface area (Å²) in [4.78, 5) is 23.7. The molecule has 1 rings (SSSR count). The van der Waals surface area contributed by atoms with Gasteiger partial charge in [0.25, 0.3) is 0 Å². The average Bonchev–Trinajstić information content (AvgIpc) is 2.13. The van der Waals surface area contributed by atoms with Gasteiger partial charge in [-0.3, -0.25) is 9.59 Å². The van der Waals surface area contributed by atoms with E-state index < -0.39 is 0 Å². The lowest BCUT2D eigenvalue weighted by Gasteiger charge is -2.23. The number of carbonyl (C=O) groups excluding carboxylic acids is 2. The lowest BCUT2D eigenvalue weighted by atomic mass is 9.80. The predicted molar refractivity (Wildman–Crippen MR) is 69.7 cm³/mol. The number of allylic oxidation sites excluding steroid dienone is 4. The van der Waals surface area contributed by atoms with Gasteiger partial charge >= 0.3 is 0 Å². The Hall–Kier alpha value is -1.18. The molecule has 0 aromatic heterocycles. The van der Waals surface area contributed by atoms with Crippen LogP contribution in [-0.2, 0) is 9.59 Å². The smallest absolute Gasteiger partial charge is 0.158 e. The summed E-state index contributed by atoms with van der Waals surface area (Å²) >= 11 is 0. The molecule has 17 heavy (non-hydrogen) atoms. The van der Waals surface area contributed by atoms with Crippen molar-refractivity contribution >= 4 is 11.6 Å². The van der Waals surface area contributed by atoms with Crippen LogP contribution < -0.4 is 0 Å². The summed E-state index contributed by atoms with van der Waals surface area (Å²) in [6, 6.07) is 0. The van der Waals surface area contributed by atoms with Crippen molar-refractivity contribution in [3.63, 3.8) is 0 Å². The second-order valence-electron chi connectivity index (χ2n) is 5.41. The molecule has 0 amide bonds. The Bertz CT molecular complexity index is 370. The van der Waals surface area contributed by atoms with Gasteiger partial charge in [0.2, 0.25) is 0 Å². The van der Waals surface area contributed by atoms with Gasteiger partial charge in [-0.05, 0) is 51.7 Å². The van der Waals surface area contributed by atoms with Crippen LogP contribution in [0.25, 0.3) is 0 Å². The summed E-state index contributed by atoms with van der Waals surface area (Å²) < 4.78 is 0. The first-order valence-corrected chi connectivity index (χ1v) is 6.29. The Morgan fingerprint density at radius 2 is 2.06 bits per heavy atom. The van der Waals surface area contributed by atoms with Gasteiger partial charge in [-0.1, -0.05) is 18.1 Å². The van der Waals surface area contributed by atoms with Crippen molar-refractivity contribution < 1.29 is 9.59 Å². The highest BCUT2D eigenvalue weighted by molar-refractivity contribution is 5.94. The normalized spacial score (nSPS) is 28.7. The SMILES string of the molecule is CC(C)=CC(=O)[C@H]1CC/C(C)=C\C(=O)C[C@@H]1C. The molecule has 0 bridgehead atoms. The van der Waals surface area contributed by atoms with Crippen molar-refractivity contribution in [3.05, 3.63) is 23.3 Å². The van der Waals surface area contributed by atoms with E-state index in [0.717, 1.165) is 24.0 Å². The van der Waals surface area contributed by atoms with Crippen LogP contribution in [0.15, 0.2) is 23.3 Å². The topological polar surface area (TPSA) is 34.1 Å². The Balaban J connectivity index is 2.85. The molecule has 0 radical (unpaired) electrons. The largest absolute Gasteiger partial charge is 0.295 e. The third kappa shape index (κ3) is 4.29. The molecule has 2 atom stereocenters. The van der Waals surface area contributed by atoms with Gasteiger partial charge < -0.3 is 0 Å². The second-order valence-corrected chi connectivity index (χ2v) is 5.41. The van der Waals surface area contributed by atoms with E-state index in [1.54, 1.807) is 12.2 Å². The second kappa shape index (κ2) is 5.95. The van der Waals surface area contributed by atoms with Gasteiger partial charge in [-0.25, -0.2) is 0 Å². The lowest BCUT2D eigenvalue weighted by Crippen LogP contribution is -2.24. The molecule has 94 valence electrons. The highest BCUT2D eigenvalue weighted by Gasteiger charge is 2.26. The standard InChI is InChI=1S/C15H22O2/c1-10(2)7-15(17)14-6-5-11(3)8-13(16)9-12(14)4/h7-8,12,14H,5-6,9H2,1-4H3/b11-8-/t12-,14-/m0/s1. The Labute approximate surface area is 104 Å². The summed E-state index contributed by atoms with van der Waals surface area (Å²) in [5.41, 5.74) is 2.12. The van der Waals surface area contributed by atoms with Crippen molar-refractivity contribution in [3.8, 4) is 0 Å². The molecule has 0 aliphatic heterocycles. The highest BCUT2D eigenvalue weighted by atomic mass is 16.1. The van der Waals surface area contributed by atoms with E-state index in [1.165, 1.54) is 0 Å². The van der Waals surface area contributed by atoms with Crippen molar-refractivity contribution in [1.29, 1.82) is 0 Å². The number of ketones is 2. The maximum Gasteiger partial charge on any atom is 0.158 e. The molecule has 0 fully saturated rings. The minimum Gasteiger partial charge on any atom is -0.295 e. The molecule has 2 nitrogen and oxygen atoms in total. The first-order valence-electron chi connectivity index (χ1n) is 6.29. The van der Waals surface area contributed by atoms with Crippen LogP contribution in [0.3, 0.4) is 0 Å². The fraction of sp³-hybridized carbons (Fsp3) is 0.600. The van der Waals surface area contributed by atoms with Crippen LogP contribution in [0.1, 0.15) is 47.0 Å². The van der Waals surface area contributed by atoms with Crippen LogP contribution in [0.5, 0.6) is 0 Å². The van der Waals surface area contributed by atoms with Gasteiger partial charge in [-0.15, -0.1) is 0 Å². The number of hydrogen-bond donors (Lipinski definition) is 0. The van der Waals surface area contributed by atoms with E-state index in [9.17, 15) is 9.59 Å². The molecule has 0 N–H and O–H groups in total. The van der Waals surface area contributed by atoms with Crippen LogP contribution in [-0.4, -0.2) is 11.6 Å². The number of carbonyl (C=O) groups is 2. The molecule has 1 aliphatic rings. The Morgan fingerprint density at radius 1 is 1.41 bits per heavy atom. The molecule has 0 saturated carbocycles. The van der Waals surface area contributed by atoms with Gasteiger partial charge in [0.05, 0.1) is 0 Å². The third-order valence-electron chi connectivity index (χ3n) is 3.26. The minimum absolute atomic E-state index is 0.00231. The van der Waals surface area contributed by atoms with Crippen molar-refractivity contribution in [2.75, 3.05) is 0 Å². The molecule has 0 saturated heterocycles. The van der Waals surface area contributed by atoms with E-state index in [-0.39, 0.29) is 23.4 Å². The summed E-state index contributed by atoms with van der Waals surface area (Å²) in [5.74, 6) is 0.483.